The number of hydrogen-bond acceptors (Lipinski definition) is 7. The topological polar surface area (TPSA) is 124 Å². The van der Waals surface area contributed by atoms with Crippen LogP contribution in [-0.4, -0.2) is 38.9 Å². The fraction of sp³-hybridized carbons (Fsp3) is 0.250. The third-order valence-corrected chi connectivity index (χ3v) is 4.80. The van der Waals surface area contributed by atoms with Crippen LogP contribution in [-0.2, 0) is 4.79 Å². The summed E-state index contributed by atoms with van der Waals surface area (Å²) >= 11 is 0. The second-order valence-electron chi connectivity index (χ2n) is 7.69. The van der Waals surface area contributed by atoms with Crippen LogP contribution in [0.3, 0.4) is 0 Å². The predicted molar refractivity (Wildman–Crippen MR) is 126 cm³/mol. The van der Waals surface area contributed by atoms with Crippen molar-refractivity contribution in [2.75, 3.05) is 18.5 Å². The number of nitrogens with one attached hydrogen (secondary N) is 2. The molecule has 3 heterocycles. The number of hydrogen-bond donors (Lipinski definition) is 2. The molecule has 1 aromatic carbocycles. The molecule has 0 unspecified atom stereocenters. The molecule has 10 heteroatoms. The first-order valence-corrected chi connectivity index (χ1v) is 10.8. The standard InChI is InChI=1S/C24H25N5O5/c1-4-32-16-7-9-17(10-8-16)34-14-23(31)26-21-12-19(20-6-5-11-33-20)28-29(21)24-25-18(15(2)3)13-22(30)27-24/h5-13,15H,4,14H2,1-3H3,(H,26,31)(H,25,27,30). The second-order valence-corrected chi connectivity index (χ2v) is 7.69. The summed E-state index contributed by atoms with van der Waals surface area (Å²) in [6.07, 6.45) is 1.52. The van der Waals surface area contributed by atoms with Gasteiger partial charge in [-0.2, -0.15) is 9.78 Å². The average Bonchev–Trinajstić information content (AvgIpc) is 3.49. The van der Waals surface area contributed by atoms with Crippen molar-refractivity contribution in [1.82, 2.24) is 19.7 Å². The van der Waals surface area contributed by atoms with Gasteiger partial charge in [0.15, 0.2) is 12.4 Å². The van der Waals surface area contributed by atoms with Crippen LogP contribution >= 0.6 is 0 Å². The molecule has 4 aromatic rings. The molecule has 0 bridgehead atoms. The molecular formula is C24H25N5O5. The number of rotatable bonds is 9. The van der Waals surface area contributed by atoms with Gasteiger partial charge in [0.05, 0.1) is 18.6 Å². The highest BCUT2D eigenvalue weighted by Crippen LogP contribution is 2.24. The zero-order chi connectivity index (χ0) is 24.1. The summed E-state index contributed by atoms with van der Waals surface area (Å²) in [6.45, 7) is 6.11. The molecule has 1 amide bonds. The van der Waals surface area contributed by atoms with E-state index in [2.05, 4.69) is 20.4 Å². The molecule has 0 saturated heterocycles. The van der Waals surface area contributed by atoms with Gasteiger partial charge in [-0.1, -0.05) is 13.8 Å². The molecule has 176 valence electrons. The Morgan fingerprint density at radius 3 is 2.53 bits per heavy atom. The number of H-pyrrole nitrogens is 1. The van der Waals surface area contributed by atoms with Crippen molar-refractivity contribution < 1.29 is 18.7 Å². The number of amides is 1. The molecule has 0 radical (unpaired) electrons. The lowest BCUT2D eigenvalue weighted by atomic mass is 10.1. The molecule has 0 aliphatic carbocycles. The number of anilines is 1. The lowest BCUT2D eigenvalue weighted by molar-refractivity contribution is -0.118. The summed E-state index contributed by atoms with van der Waals surface area (Å²) < 4.78 is 17.8. The van der Waals surface area contributed by atoms with E-state index in [1.54, 1.807) is 42.5 Å². The van der Waals surface area contributed by atoms with Gasteiger partial charge in [-0.25, -0.2) is 4.98 Å². The Morgan fingerprint density at radius 1 is 1.15 bits per heavy atom. The van der Waals surface area contributed by atoms with Crippen LogP contribution in [0, 0.1) is 0 Å². The molecule has 0 atom stereocenters. The van der Waals surface area contributed by atoms with Gasteiger partial charge < -0.3 is 19.2 Å². The van der Waals surface area contributed by atoms with Crippen molar-refractivity contribution in [2.24, 2.45) is 0 Å². The number of ether oxygens (including phenoxy) is 2. The first kappa shape index (κ1) is 22.8. The van der Waals surface area contributed by atoms with Gasteiger partial charge in [-0.15, -0.1) is 0 Å². The smallest absolute Gasteiger partial charge is 0.263 e. The molecule has 0 aliphatic heterocycles. The second kappa shape index (κ2) is 10.1. The minimum absolute atomic E-state index is 0.0294. The highest BCUT2D eigenvalue weighted by Gasteiger charge is 2.18. The van der Waals surface area contributed by atoms with E-state index in [1.807, 2.05) is 20.8 Å². The summed E-state index contributed by atoms with van der Waals surface area (Å²) in [4.78, 5) is 32.0. The molecule has 0 saturated carbocycles. The number of aromatic nitrogens is 4. The minimum Gasteiger partial charge on any atom is -0.494 e. The van der Waals surface area contributed by atoms with E-state index in [0.29, 0.717) is 35.3 Å². The predicted octanol–water partition coefficient (Wildman–Crippen LogP) is 3.76. The highest BCUT2D eigenvalue weighted by atomic mass is 16.5. The zero-order valence-corrected chi connectivity index (χ0v) is 19.1. The van der Waals surface area contributed by atoms with Gasteiger partial charge in [-0.05, 0) is 49.2 Å². The van der Waals surface area contributed by atoms with E-state index in [4.69, 9.17) is 13.9 Å². The van der Waals surface area contributed by atoms with Crippen molar-refractivity contribution in [3.63, 3.8) is 0 Å². The van der Waals surface area contributed by atoms with Gasteiger partial charge in [-0.3, -0.25) is 14.6 Å². The van der Waals surface area contributed by atoms with E-state index in [0.717, 1.165) is 5.75 Å². The van der Waals surface area contributed by atoms with Crippen LogP contribution in [0.4, 0.5) is 5.82 Å². The molecular weight excluding hydrogens is 438 g/mol. The van der Waals surface area contributed by atoms with Crippen LogP contribution < -0.4 is 20.3 Å². The highest BCUT2D eigenvalue weighted by molar-refractivity contribution is 5.91. The maximum atomic E-state index is 12.7. The maximum Gasteiger partial charge on any atom is 0.263 e. The van der Waals surface area contributed by atoms with Crippen molar-refractivity contribution in [3.8, 4) is 28.9 Å². The average molecular weight is 463 g/mol. The molecule has 0 fully saturated rings. The van der Waals surface area contributed by atoms with E-state index in [1.165, 1.54) is 17.0 Å². The molecule has 0 aliphatic rings. The quantitative estimate of drug-likeness (QED) is 0.387. The maximum absolute atomic E-state index is 12.7. The minimum atomic E-state index is -0.414. The summed E-state index contributed by atoms with van der Waals surface area (Å²) in [5.74, 6) is 1.85. The van der Waals surface area contributed by atoms with Crippen molar-refractivity contribution in [2.45, 2.75) is 26.7 Å². The molecule has 0 spiro atoms. The number of aromatic amines is 1. The largest absolute Gasteiger partial charge is 0.494 e. The lowest BCUT2D eigenvalue weighted by Crippen LogP contribution is -2.23. The van der Waals surface area contributed by atoms with Crippen molar-refractivity contribution in [1.29, 1.82) is 0 Å². The number of furan rings is 1. The summed E-state index contributed by atoms with van der Waals surface area (Å²) in [7, 11) is 0. The first-order valence-electron chi connectivity index (χ1n) is 10.8. The van der Waals surface area contributed by atoms with E-state index < -0.39 is 5.91 Å². The van der Waals surface area contributed by atoms with Gasteiger partial charge in [0.25, 0.3) is 11.5 Å². The molecule has 10 nitrogen and oxygen atoms in total. The molecule has 34 heavy (non-hydrogen) atoms. The van der Waals surface area contributed by atoms with Crippen LogP contribution in [0.2, 0.25) is 0 Å². The number of carbonyl (C=O) groups is 1. The lowest BCUT2D eigenvalue weighted by Gasteiger charge is -2.11. The normalized spacial score (nSPS) is 10.9. The van der Waals surface area contributed by atoms with E-state index in [-0.39, 0.29) is 24.0 Å². The van der Waals surface area contributed by atoms with Crippen LogP contribution in [0.1, 0.15) is 32.4 Å². The Kier molecular flexibility index (Phi) is 6.77. The number of carbonyl (C=O) groups excluding carboxylic acids is 1. The Morgan fingerprint density at radius 2 is 1.88 bits per heavy atom. The molecule has 2 N–H and O–H groups in total. The summed E-state index contributed by atoms with van der Waals surface area (Å²) in [5.41, 5.74) is 0.745. The van der Waals surface area contributed by atoms with Gasteiger partial charge >= 0.3 is 0 Å². The van der Waals surface area contributed by atoms with Crippen LogP contribution in [0.5, 0.6) is 11.5 Å². The van der Waals surface area contributed by atoms with Gasteiger partial charge in [0.2, 0.25) is 5.95 Å². The van der Waals surface area contributed by atoms with Gasteiger partial charge in [0.1, 0.15) is 23.0 Å². The Hall–Kier alpha value is -4.34. The van der Waals surface area contributed by atoms with Crippen LogP contribution in [0.25, 0.3) is 17.4 Å². The third-order valence-electron chi connectivity index (χ3n) is 4.80. The number of nitrogens with zero attached hydrogens (tertiary/aromatic N) is 3. The molecule has 3 aromatic heterocycles. The molecule has 4 rings (SSSR count). The number of benzene rings is 1. The summed E-state index contributed by atoms with van der Waals surface area (Å²) in [6, 6.07) is 13.5. The fourth-order valence-electron chi connectivity index (χ4n) is 3.16. The summed E-state index contributed by atoms with van der Waals surface area (Å²) in [5, 5.41) is 7.25. The first-order chi connectivity index (χ1) is 16.4. The van der Waals surface area contributed by atoms with Crippen molar-refractivity contribution >= 4 is 11.7 Å². The third kappa shape index (κ3) is 5.34. The Labute approximate surface area is 195 Å². The van der Waals surface area contributed by atoms with Crippen LogP contribution in [0.15, 0.2) is 64.0 Å². The Balaban J connectivity index is 1.57. The SMILES string of the molecule is CCOc1ccc(OCC(=O)Nc2cc(-c3ccco3)nn2-c2nc(C(C)C)cc(=O)[nH]2)cc1. The van der Waals surface area contributed by atoms with E-state index in [9.17, 15) is 9.59 Å². The van der Waals surface area contributed by atoms with Gasteiger partial charge in [0, 0.05) is 12.1 Å². The monoisotopic (exact) mass is 463 g/mol. The Bertz CT molecular complexity index is 1310. The van der Waals surface area contributed by atoms with Crippen molar-refractivity contribution in [3.05, 3.63) is 70.8 Å². The zero-order valence-electron chi connectivity index (χ0n) is 19.1. The fourth-order valence-corrected chi connectivity index (χ4v) is 3.16. The van der Waals surface area contributed by atoms with E-state index >= 15 is 0 Å².